The third-order valence-corrected chi connectivity index (χ3v) is 4.19. The van der Waals surface area contributed by atoms with Crippen molar-refractivity contribution in [3.8, 4) is 0 Å². The number of hydrogen-bond acceptors (Lipinski definition) is 2. The summed E-state index contributed by atoms with van der Waals surface area (Å²) in [4.78, 5) is 24.2. The Morgan fingerprint density at radius 2 is 1.77 bits per heavy atom. The van der Waals surface area contributed by atoms with Crippen LogP contribution in [-0.2, 0) is 16.0 Å². The maximum atomic E-state index is 13.5. The second kappa shape index (κ2) is 9.13. The molecular formula is C21H25FN2O2. The first-order chi connectivity index (χ1) is 12.4. The number of carbonyl (C=O) groups is 2. The highest BCUT2D eigenvalue weighted by molar-refractivity contribution is 6.04. The second-order valence-electron chi connectivity index (χ2n) is 6.61. The predicted octanol–water partition coefficient (Wildman–Crippen LogP) is 3.95. The van der Waals surface area contributed by atoms with Crippen LogP contribution in [0, 0.1) is 12.7 Å². The van der Waals surface area contributed by atoms with Gasteiger partial charge in [-0.2, -0.15) is 0 Å². The van der Waals surface area contributed by atoms with Crippen molar-refractivity contribution in [3.05, 3.63) is 65.0 Å². The molecule has 0 aliphatic carbocycles. The van der Waals surface area contributed by atoms with Gasteiger partial charge >= 0.3 is 0 Å². The highest BCUT2D eigenvalue weighted by atomic mass is 19.1. The fourth-order valence-electron chi connectivity index (χ4n) is 2.77. The van der Waals surface area contributed by atoms with Gasteiger partial charge in [0.1, 0.15) is 12.2 Å². The van der Waals surface area contributed by atoms with Crippen molar-refractivity contribution in [2.75, 3.05) is 11.9 Å². The molecule has 0 aromatic heterocycles. The van der Waals surface area contributed by atoms with Crippen molar-refractivity contribution < 1.29 is 14.0 Å². The first-order valence-corrected chi connectivity index (χ1v) is 8.78. The lowest BCUT2D eigenvalue weighted by Crippen LogP contribution is -2.30. The van der Waals surface area contributed by atoms with Gasteiger partial charge in [0.2, 0.25) is 11.8 Å². The Kier molecular flexibility index (Phi) is 6.89. The summed E-state index contributed by atoms with van der Waals surface area (Å²) in [5.41, 5.74) is 3.31. The molecule has 2 rings (SSSR count). The van der Waals surface area contributed by atoms with E-state index in [1.807, 2.05) is 25.1 Å². The molecule has 0 heterocycles. The summed E-state index contributed by atoms with van der Waals surface area (Å²) >= 11 is 0. The van der Waals surface area contributed by atoms with Gasteiger partial charge in [-0.15, -0.1) is 0 Å². The zero-order valence-corrected chi connectivity index (χ0v) is 15.4. The lowest BCUT2D eigenvalue weighted by molar-refractivity contribution is -0.126. The first kappa shape index (κ1) is 19.6. The highest BCUT2D eigenvalue weighted by Crippen LogP contribution is 2.27. The number of benzene rings is 2. The summed E-state index contributed by atoms with van der Waals surface area (Å²) in [6.45, 7) is 6.32. The standard InChI is InChI=1S/C21H25FN2O2/c1-14(2)17-9-6-7-15(3)21(17)24-20(26)13-19(25)23-12-11-16-8-4-5-10-18(16)22/h4-10,14H,11-13H2,1-3H3,(H,23,25)(H,24,26). The van der Waals surface area contributed by atoms with Crippen LogP contribution in [0.15, 0.2) is 42.5 Å². The van der Waals surface area contributed by atoms with Crippen LogP contribution >= 0.6 is 0 Å². The van der Waals surface area contributed by atoms with Crippen molar-refractivity contribution in [2.45, 2.75) is 39.5 Å². The van der Waals surface area contributed by atoms with Crippen molar-refractivity contribution in [1.82, 2.24) is 5.32 Å². The molecule has 5 heteroatoms. The maximum absolute atomic E-state index is 13.5. The average molecular weight is 356 g/mol. The van der Waals surface area contributed by atoms with E-state index >= 15 is 0 Å². The van der Waals surface area contributed by atoms with Crippen molar-refractivity contribution in [1.29, 1.82) is 0 Å². The first-order valence-electron chi connectivity index (χ1n) is 8.78. The summed E-state index contributed by atoms with van der Waals surface area (Å²) in [6.07, 6.45) is 0.123. The molecular weight excluding hydrogens is 331 g/mol. The third-order valence-electron chi connectivity index (χ3n) is 4.19. The Bertz CT molecular complexity index is 787. The van der Waals surface area contributed by atoms with Crippen LogP contribution in [0.4, 0.5) is 10.1 Å². The molecule has 0 fully saturated rings. The van der Waals surface area contributed by atoms with Gasteiger partial charge in [0.25, 0.3) is 0 Å². The molecule has 2 aromatic rings. The molecule has 0 unspecified atom stereocenters. The number of aryl methyl sites for hydroxylation is 1. The maximum Gasteiger partial charge on any atom is 0.233 e. The molecule has 0 aliphatic heterocycles. The largest absolute Gasteiger partial charge is 0.355 e. The Labute approximate surface area is 153 Å². The average Bonchev–Trinajstić information content (AvgIpc) is 2.58. The van der Waals surface area contributed by atoms with Crippen LogP contribution in [0.3, 0.4) is 0 Å². The van der Waals surface area contributed by atoms with E-state index in [1.54, 1.807) is 18.2 Å². The molecule has 0 saturated carbocycles. The van der Waals surface area contributed by atoms with Crippen LogP contribution in [-0.4, -0.2) is 18.4 Å². The normalized spacial score (nSPS) is 10.7. The molecule has 0 radical (unpaired) electrons. The van der Waals surface area contributed by atoms with Crippen LogP contribution in [0.5, 0.6) is 0 Å². The molecule has 2 amide bonds. The molecule has 138 valence electrons. The van der Waals surface area contributed by atoms with Gasteiger partial charge in [-0.25, -0.2) is 4.39 Å². The van der Waals surface area contributed by atoms with Gasteiger partial charge in [0, 0.05) is 12.2 Å². The number of hydrogen-bond donors (Lipinski definition) is 2. The van der Waals surface area contributed by atoms with Crippen molar-refractivity contribution >= 4 is 17.5 Å². The number of anilines is 1. The predicted molar refractivity (Wildman–Crippen MR) is 102 cm³/mol. The lowest BCUT2D eigenvalue weighted by atomic mass is 9.98. The summed E-state index contributed by atoms with van der Waals surface area (Å²) in [7, 11) is 0. The van der Waals surface area contributed by atoms with E-state index in [0.717, 1.165) is 16.8 Å². The zero-order valence-electron chi connectivity index (χ0n) is 15.4. The monoisotopic (exact) mass is 356 g/mol. The van der Waals surface area contributed by atoms with E-state index in [2.05, 4.69) is 24.5 Å². The Morgan fingerprint density at radius 1 is 1.04 bits per heavy atom. The number of amides is 2. The molecule has 0 atom stereocenters. The number of halogens is 1. The third kappa shape index (κ3) is 5.41. The SMILES string of the molecule is Cc1cccc(C(C)C)c1NC(=O)CC(=O)NCCc1ccccc1F. The quantitative estimate of drug-likeness (QED) is 0.738. The fraction of sp³-hybridized carbons (Fsp3) is 0.333. The minimum absolute atomic E-state index is 0.261. The molecule has 2 aromatic carbocycles. The van der Waals surface area contributed by atoms with Crippen LogP contribution in [0.1, 0.15) is 42.9 Å². The molecule has 26 heavy (non-hydrogen) atoms. The van der Waals surface area contributed by atoms with Gasteiger partial charge in [-0.3, -0.25) is 9.59 Å². The minimum Gasteiger partial charge on any atom is -0.355 e. The van der Waals surface area contributed by atoms with Crippen LogP contribution < -0.4 is 10.6 Å². The van der Waals surface area contributed by atoms with E-state index < -0.39 is 0 Å². The van der Waals surface area contributed by atoms with Crippen molar-refractivity contribution in [2.24, 2.45) is 0 Å². The zero-order chi connectivity index (χ0) is 19.1. The van der Waals surface area contributed by atoms with Gasteiger partial charge < -0.3 is 10.6 Å². The van der Waals surface area contributed by atoms with Gasteiger partial charge in [-0.05, 0) is 42.0 Å². The van der Waals surface area contributed by atoms with Gasteiger partial charge in [-0.1, -0.05) is 50.2 Å². The van der Waals surface area contributed by atoms with E-state index in [9.17, 15) is 14.0 Å². The van der Waals surface area contributed by atoms with Gasteiger partial charge in [0.05, 0.1) is 0 Å². The van der Waals surface area contributed by atoms with Crippen LogP contribution in [0.25, 0.3) is 0 Å². The summed E-state index contributed by atoms with van der Waals surface area (Å²) in [6, 6.07) is 12.3. The lowest BCUT2D eigenvalue weighted by Gasteiger charge is -2.16. The Morgan fingerprint density at radius 3 is 2.46 bits per heavy atom. The summed E-state index contributed by atoms with van der Waals surface area (Å²) in [5.74, 6) is -0.761. The summed E-state index contributed by atoms with van der Waals surface area (Å²) in [5, 5.41) is 5.51. The van der Waals surface area contributed by atoms with E-state index in [1.165, 1.54) is 6.07 Å². The molecule has 2 N–H and O–H groups in total. The van der Waals surface area contributed by atoms with E-state index in [-0.39, 0.29) is 36.5 Å². The smallest absolute Gasteiger partial charge is 0.233 e. The number of para-hydroxylation sites is 1. The van der Waals surface area contributed by atoms with Crippen molar-refractivity contribution in [3.63, 3.8) is 0 Å². The molecule has 0 saturated heterocycles. The number of rotatable bonds is 7. The fourth-order valence-corrected chi connectivity index (χ4v) is 2.77. The second-order valence-corrected chi connectivity index (χ2v) is 6.61. The summed E-state index contributed by atoms with van der Waals surface area (Å²) < 4.78 is 13.5. The van der Waals surface area contributed by atoms with E-state index in [4.69, 9.17) is 0 Å². The minimum atomic E-state index is -0.376. The van der Waals surface area contributed by atoms with Gasteiger partial charge in [0.15, 0.2) is 0 Å². The molecule has 0 bridgehead atoms. The Hall–Kier alpha value is -2.69. The highest BCUT2D eigenvalue weighted by Gasteiger charge is 2.14. The van der Waals surface area contributed by atoms with Crippen LogP contribution in [0.2, 0.25) is 0 Å². The molecule has 4 nitrogen and oxygen atoms in total. The number of nitrogens with one attached hydrogen (secondary N) is 2. The van der Waals surface area contributed by atoms with E-state index in [0.29, 0.717) is 12.0 Å². The topological polar surface area (TPSA) is 58.2 Å². The number of carbonyl (C=O) groups excluding carboxylic acids is 2. The Balaban J connectivity index is 1.86. The molecule has 0 aliphatic rings. The molecule has 0 spiro atoms.